The van der Waals surface area contributed by atoms with Gasteiger partial charge >= 0.3 is 12.3 Å². The zero-order chi connectivity index (χ0) is 23.9. The Kier molecular flexibility index (Phi) is 6.06. The SMILES string of the molecule is C=NC[C@@]1(c2ccc3c(N)ncnn23)O[C@H](COC(=O)OC(C)(C)C(F)(F)F)[C@@H](O)[C@H]1O. The number of nitrogens with zero attached hydrogens (tertiary/aromatic N) is 4. The van der Waals surface area contributed by atoms with Crippen LogP contribution in [0.15, 0.2) is 23.5 Å². The van der Waals surface area contributed by atoms with E-state index < -0.39 is 48.5 Å². The standard InChI is InChI=1S/C18H22F3N5O6/c1-16(2,18(19,20)21)32-15(29)30-6-10-12(27)13(28)17(31-10,7-23-3)11-5-4-9-14(22)24-8-25-26(9)11/h4-5,8,10,12-13,27-28H,3,6-7H2,1-2H3,(H2,22,24,25)/t10-,12-,13-,17+/m1/s1. The Morgan fingerprint density at radius 3 is 2.72 bits per heavy atom. The highest BCUT2D eigenvalue weighted by Gasteiger charge is 2.57. The molecular weight excluding hydrogens is 439 g/mol. The van der Waals surface area contributed by atoms with Crippen molar-refractivity contribution >= 4 is 24.2 Å². The minimum atomic E-state index is -4.82. The lowest BCUT2D eigenvalue weighted by Gasteiger charge is -2.30. The number of rotatable bonds is 6. The molecule has 0 aliphatic carbocycles. The molecule has 1 aliphatic heterocycles. The third-order valence-electron chi connectivity index (χ3n) is 5.19. The van der Waals surface area contributed by atoms with Crippen LogP contribution in [0.4, 0.5) is 23.8 Å². The molecule has 3 heterocycles. The van der Waals surface area contributed by atoms with Gasteiger partial charge in [0.1, 0.15) is 36.8 Å². The van der Waals surface area contributed by atoms with Gasteiger partial charge in [-0.1, -0.05) is 0 Å². The van der Waals surface area contributed by atoms with Crippen molar-refractivity contribution in [2.45, 2.75) is 49.5 Å². The predicted molar refractivity (Wildman–Crippen MR) is 103 cm³/mol. The summed E-state index contributed by atoms with van der Waals surface area (Å²) in [5.74, 6) is 0.149. The first-order valence-electron chi connectivity index (χ1n) is 9.31. The van der Waals surface area contributed by atoms with Gasteiger partial charge in [-0.15, -0.1) is 0 Å². The number of carbonyl (C=O) groups is 1. The summed E-state index contributed by atoms with van der Waals surface area (Å²) in [6, 6.07) is 3.10. The second-order valence-electron chi connectivity index (χ2n) is 7.69. The number of halogens is 3. The number of aliphatic hydroxyl groups is 2. The molecule has 3 rings (SSSR count). The lowest BCUT2D eigenvalue weighted by Crippen LogP contribution is -2.44. The summed E-state index contributed by atoms with van der Waals surface area (Å²) < 4.78 is 54.9. The van der Waals surface area contributed by atoms with Gasteiger partial charge in [0, 0.05) is 0 Å². The van der Waals surface area contributed by atoms with Crippen LogP contribution in [0.5, 0.6) is 0 Å². The fourth-order valence-electron chi connectivity index (χ4n) is 3.33. The largest absolute Gasteiger partial charge is 0.509 e. The first-order valence-corrected chi connectivity index (χ1v) is 9.31. The predicted octanol–water partition coefficient (Wildman–Crippen LogP) is 0.822. The zero-order valence-electron chi connectivity index (χ0n) is 17.1. The molecule has 2 aromatic heterocycles. The zero-order valence-corrected chi connectivity index (χ0v) is 17.1. The van der Waals surface area contributed by atoms with Gasteiger partial charge in [0.25, 0.3) is 0 Å². The van der Waals surface area contributed by atoms with E-state index in [1.807, 2.05) is 0 Å². The van der Waals surface area contributed by atoms with Gasteiger partial charge in [-0.05, 0) is 32.7 Å². The van der Waals surface area contributed by atoms with E-state index in [1.54, 1.807) is 6.07 Å². The minimum Gasteiger partial charge on any atom is -0.431 e. The summed E-state index contributed by atoms with van der Waals surface area (Å²) >= 11 is 0. The third-order valence-corrected chi connectivity index (χ3v) is 5.19. The number of nitrogens with two attached hydrogens (primary N) is 1. The van der Waals surface area contributed by atoms with Crippen molar-refractivity contribution in [3.63, 3.8) is 0 Å². The number of aliphatic hydroxyl groups excluding tert-OH is 2. The molecule has 2 aromatic rings. The molecule has 0 saturated carbocycles. The van der Waals surface area contributed by atoms with E-state index in [1.165, 1.54) is 16.9 Å². The molecule has 0 aromatic carbocycles. The number of aliphatic imine (C=N–C) groups is 1. The topological polar surface area (TPSA) is 154 Å². The number of nitrogen functional groups attached to an aromatic ring is 1. The fraction of sp³-hybridized carbons (Fsp3) is 0.556. The first-order chi connectivity index (χ1) is 14.8. The summed E-state index contributed by atoms with van der Waals surface area (Å²) in [6.45, 7) is 3.78. The molecule has 1 saturated heterocycles. The fourth-order valence-corrected chi connectivity index (χ4v) is 3.33. The van der Waals surface area contributed by atoms with Crippen LogP contribution >= 0.6 is 0 Å². The molecule has 4 N–H and O–H groups in total. The van der Waals surface area contributed by atoms with E-state index in [9.17, 15) is 28.2 Å². The maximum atomic E-state index is 12.9. The number of fused-ring (bicyclic) bond motifs is 1. The van der Waals surface area contributed by atoms with Crippen LogP contribution in [0.3, 0.4) is 0 Å². The van der Waals surface area contributed by atoms with E-state index in [0.717, 1.165) is 0 Å². The Bertz CT molecular complexity index is 1010. The lowest BCUT2D eigenvalue weighted by atomic mass is 9.91. The van der Waals surface area contributed by atoms with Crippen LogP contribution < -0.4 is 5.73 Å². The maximum Gasteiger partial charge on any atom is 0.509 e. The number of anilines is 1. The summed E-state index contributed by atoms with van der Waals surface area (Å²) in [7, 11) is 0. The monoisotopic (exact) mass is 461 g/mol. The molecule has 0 amide bonds. The van der Waals surface area contributed by atoms with Gasteiger partial charge in [0.05, 0.1) is 12.2 Å². The number of hydrogen-bond acceptors (Lipinski definition) is 10. The molecule has 14 heteroatoms. The van der Waals surface area contributed by atoms with E-state index in [2.05, 4.69) is 26.5 Å². The third kappa shape index (κ3) is 3.96. The molecule has 1 aliphatic rings. The second kappa shape index (κ2) is 8.18. The number of hydrogen-bond donors (Lipinski definition) is 3. The van der Waals surface area contributed by atoms with Crippen molar-refractivity contribution in [1.82, 2.24) is 14.6 Å². The van der Waals surface area contributed by atoms with Gasteiger partial charge in [0.2, 0.25) is 5.60 Å². The smallest absolute Gasteiger partial charge is 0.431 e. The Morgan fingerprint density at radius 1 is 1.41 bits per heavy atom. The van der Waals surface area contributed by atoms with Crippen LogP contribution in [-0.2, 0) is 19.8 Å². The molecule has 176 valence electrons. The molecule has 1 fully saturated rings. The van der Waals surface area contributed by atoms with Crippen molar-refractivity contribution in [3.05, 3.63) is 24.2 Å². The van der Waals surface area contributed by atoms with Crippen LogP contribution in [0.1, 0.15) is 19.5 Å². The molecule has 4 atom stereocenters. The van der Waals surface area contributed by atoms with Crippen LogP contribution in [-0.4, -0.2) is 80.9 Å². The summed E-state index contributed by atoms with van der Waals surface area (Å²) in [5, 5.41) is 25.4. The van der Waals surface area contributed by atoms with E-state index >= 15 is 0 Å². The molecule has 0 unspecified atom stereocenters. The van der Waals surface area contributed by atoms with Crippen molar-refractivity contribution in [1.29, 1.82) is 0 Å². The van der Waals surface area contributed by atoms with E-state index in [4.69, 9.17) is 15.2 Å². The quantitative estimate of drug-likeness (QED) is 0.419. The molecule has 11 nitrogen and oxygen atoms in total. The summed E-state index contributed by atoms with van der Waals surface area (Å²) in [4.78, 5) is 19.4. The van der Waals surface area contributed by atoms with Crippen molar-refractivity contribution in [2.24, 2.45) is 4.99 Å². The average Bonchev–Trinajstić information content (AvgIpc) is 3.22. The van der Waals surface area contributed by atoms with E-state index in [0.29, 0.717) is 19.4 Å². The molecular formula is C18H22F3N5O6. The molecule has 0 radical (unpaired) electrons. The number of aromatic nitrogens is 3. The van der Waals surface area contributed by atoms with Crippen LogP contribution in [0.25, 0.3) is 5.52 Å². The van der Waals surface area contributed by atoms with E-state index in [-0.39, 0.29) is 18.1 Å². The summed E-state index contributed by atoms with van der Waals surface area (Å²) in [6.07, 6.45) is -9.76. The minimum absolute atomic E-state index is 0.149. The number of carbonyl (C=O) groups excluding carboxylic acids is 1. The Labute approximate surface area is 179 Å². The van der Waals surface area contributed by atoms with Crippen molar-refractivity contribution < 1.29 is 42.4 Å². The highest BCUT2D eigenvalue weighted by molar-refractivity contribution is 5.65. The Hall–Kier alpha value is -2.97. The lowest BCUT2D eigenvalue weighted by molar-refractivity contribution is -0.250. The highest BCUT2D eigenvalue weighted by atomic mass is 19.4. The molecule has 0 spiro atoms. The Morgan fingerprint density at radius 2 is 2.09 bits per heavy atom. The van der Waals surface area contributed by atoms with Gasteiger partial charge in [0.15, 0.2) is 11.4 Å². The van der Waals surface area contributed by atoms with Crippen LogP contribution in [0.2, 0.25) is 0 Å². The molecule has 0 bridgehead atoms. The van der Waals surface area contributed by atoms with Gasteiger partial charge in [-0.25, -0.2) is 14.3 Å². The maximum absolute atomic E-state index is 12.9. The van der Waals surface area contributed by atoms with Gasteiger partial charge in [-0.3, -0.25) is 4.99 Å². The van der Waals surface area contributed by atoms with Crippen molar-refractivity contribution in [3.8, 4) is 0 Å². The second-order valence-corrected chi connectivity index (χ2v) is 7.69. The van der Waals surface area contributed by atoms with Gasteiger partial charge < -0.3 is 30.2 Å². The number of ether oxygens (including phenoxy) is 3. The summed E-state index contributed by atoms with van der Waals surface area (Å²) in [5.41, 5.74) is 2.01. The highest BCUT2D eigenvalue weighted by Crippen LogP contribution is 2.41. The number of alkyl halides is 3. The molecule has 32 heavy (non-hydrogen) atoms. The van der Waals surface area contributed by atoms with Gasteiger partial charge in [-0.2, -0.15) is 18.3 Å². The Balaban J connectivity index is 1.82. The normalized spacial score (nSPS) is 26.3. The first kappa shape index (κ1) is 23.7. The average molecular weight is 461 g/mol. The van der Waals surface area contributed by atoms with Crippen LogP contribution in [0, 0.1) is 0 Å². The van der Waals surface area contributed by atoms with Crippen molar-refractivity contribution in [2.75, 3.05) is 18.9 Å².